The molecule has 0 saturated carbocycles. The molecule has 0 radical (unpaired) electrons. The Bertz CT molecular complexity index is 1090. The Morgan fingerprint density at radius 1 is 1.19 bits per heavy atom. The highest BCUT2D eigenvalue weighted by Crippen LogP contribution is 2.31. The van der Waals surface area contributed by atoms with Gasteiger partial charge in [0.1, 0.15) is 11.1 Å². The lowest BCUT2D eigenvalue weighted by molar-refractivity contribution is -0.131. The van der Waals surface area contributed by atoms with Gasteiger partial charge in [-0.25, -0.2) is 9.59 Å². The van der Waals surface area contributed by atoms with Crippen molar-refractivity contribution in [3.8, 4) is 0 Å². The molecule has 0 bridgehead atoms. The Balaban J connectivity index is 1.74. The molecule has 0 aliphatic carbocycles. The molecule has 6 nitrogen and oxygen atoms in total. The van der Waals surface area contributed by atoms with Crippen molar-refractivity contribution in [1.29, 1.82) is 0 Å². The highest BCUT2D eigenvalue weighted by molar-refractivity contribution is 7.08. The van der Waals surface area contributed by atoms with Crippen LogP contribution in [0.4, 0.5) is 4.79 Å². The molecular weight excluding hydrogens is 352 g/mol. The van der Waals surface area contributed by atoms with Crippen LogP contribution in [0.15, 0.2) is 50.3 Å². The molecule has 1 atom stereocenters. The number of hydrogen-bond acceptors (Lipinski definition) is 5. The number of rotatable bonds is 3. The second kappa shape index (κ2) is 5.81. The molecule has 3 aromatic rings. The molecule has 1 saturated heterocycles. The molecule has 26 heavy (non-hydrogen) atoms. The molecule has 3 heterocycles. The number of aryl methyl sites for hydroxylation is 1. The fourth-order valence-electron chi connectivity index (χ4n) is 3.22. The maximum atomic E-state index is 13.0. The maximum absolute atomic E-state index is 13.0. The van der Waals surface area contributed by atoms with Crippen molar-refractivity contribution in [2.24, 2.45) is 0 Å². The van der Waals surface area contributed by atoms with E-state index in [0.717, 1.165) is 16.0 Å². The van der Waals surface area contributed by atoms with E-state index in [4.69, 9.17) is 4.42 Å². The predicted molar refractivity (Wildman–Crippen MR) is 98.0 cm³/mol. The minimum atomic E-state index is -1.09. The largest absolute Gasteiger partial charge is 0.423 e. The zero-order valence-corrected chi connectivity index (χ0v) is 15.1. The van der Waals surface area contributed by atoms with Gasteiger partial charge in [-0.3, -0.25) is 9.69 Å². The summed E-state index contributed by atoms with van der Waals surface area (Å²) in [6.45, 7) is 3.60. The molecule has 1 aliphatic rings. The first kappa shape index (κ1) is 16.5. The molecule has 1 aliphatic heterocycles. The number of nitrogens with zero attached hydrogens (tertiary/aromatic N) is 1. The quantitative estimate of drug-likeness (QED) is 0.569. The van der Waals surface area contributed by atoms with Crippen molar-refractivity contribution in [3.63, 3.8) is 0 Å². The predicted octanol–water partition coefficient (Wildman–Crippen LogP) is 3.13. The summed E-state index contributed by atoms with van der Waals surface area (Å²) < 4.78 is 5.24. The van der Waals surface area contributed by atoms with E-state index < -0.39 is 17.2 Å². The standard InChI is InChI=1S/C19H16N2O4S/c1-11-3-4-14-12(8-16(22)25-15(14)7-11)9-21-17(23)19(2,20-18(21)24)13-5-6-26-10-13/h3-8,10H,9H2,1-2H3,(H,20,24). The Morgan fingerprint density at radius 3 is 2.73 bits per heavy atom. The number of hydrogen-bond donors (Lipinski definition) is 1. The van der Waals surface area contributed by atoms with Crippen LogP contribution in [0.5, 0.6) is 0 Å². The monoisotopic (exact) mass is 368 g/mol. The molecule has 4 rings (SSSR count). The van der Waals surface area contributed by atoms with E-state index >= 15 is 0 Å². The Kier molecular flexibility index (Phi) is 3.69. The van der Waals surface area contributed by atoms with Gasteiger partial charge in [-0.2, -0.15) is 11.3 Å². The lowest BCUT2D eigenvalue weighted by atomic mass is 9.95. The molecule has 1 unspecified atom stereocenters. The summed E-state index contributed by atoms with van der Waals surface area (Å²) >= 11 is 1.46. The van der Waals surface area contributed by atoms with Crippen LogP contribution in [0.1, 0.15) is 23.6 Å². The minimum absolute atomic E-state index is 0.00948. The Labute approximate surface area is 153 Å². The van der Waals surface area contributed by atoms with Crippen molar-refractivity contribution in [2.45, 2.75) is 25.9 Å². The highest BCUT2D eigenvalue weighted by Gasteiger charge is 2.49. The molecule has 1 N–H and O–H groups in total. The van der Waals surface area contributed by atoms with Crippen molar-refractivity contribution in [2.75, 3.05) is 0 Å². The van der Waals surface area contributed by atoms with E-state index in [9.17, 15) is 14.4 Å². The second-order valence-corrected chi connectivity index (χ2v) is 7.33. The topological polar surface area (TPSA) is 79.6 Å². The van der Waals surface area contributed by atoms with E-state index in [1.807, 2.05) is 35.9 Å². The molecule has 1 fully saturated rings. The zero-order chi connectivity index (χ0) is 18.5. The fourth-order valence-corrected chi connectivity index (χ4v) is 3.99. The first-order valence-corrected chi connectivity index (χ1v) is 9.03. The molecule has 1 aromatic carbocycles. The third kappa shape index (κ3) is 2.52. The van der Waals surface area contributed by atoms with Crippen LogP contribution in [0, 0.1) is 6.92 Å². The van der Waals surface area contributed by atoms with Gasteiger partial charge in [-0.15, -0.1) is 0 Å². The van der Waals surface area contributed by atoms with Crippen LogP contribution < -0.4 is 10.9 Å². The normalized spacial score (nSPS) is 20.0. The lowest BCUT2D eigenvalue weighted by Gasteiger charge is -2.20. The fraction of sp³-hybridized carbons (Fsp3) is 0.211. The van der Waals surface area contributed by atoms with E-state index in [1.54, 1.807) is 13.0 Å². The number of imide groups is 1. The van der Waals surface area contributed by atoms with Gasteiger partial charge in [0.15, 0.2) is 0 Å². The summed E-state index contributed by atoms with van der Waals surface area (Å²) in [5, 5.41) is 7.18. The first-order chi connectivity index (χ1) is 12.4. The van der Waals surface area contributed by atoms with Crippen LogP contribution in [-0.2, 0) is 16.9 Å². The summed E-state index contributed by atoms with van der Waals surface area (Å²) in [6.07, 6.45) is 0. The molecule has 0 spiro atoms. The molecule has 2 aromatic heterocycles. The number of amides is 3. The van der Waals surface area contributed by atoms with Crippen LogP contribution in [0.25, 0.3) is 11.0 Å². The number of benzene rings is 1. The van der Waals surface area contributed by atoms with E-state index in [1.165, 1.54) is 17.4 Å². The minimum Gasteiger partial charge on any atom is -0.423 e. The van der Waals surface area contributed by atoms with Gasteiger partial charge in [-0.05, 0) is 53.4 Å². The number of nitrogens with one attached hydrogen (secondary N) is 1. The summed E-state index contributed by atoms with van der Waals surface area (Å²) in [7, 11) is 0. The van der Waals surface area contributed by atoms with Gasteiger partial charge in [0, 0.05) is 11.5 Å². The van der Waals surface area contributed by atoms with Crippen LogP contribution in [0.3, 0.4) is 0 Å². The van der Waals surface area contributed by atoms with Crippen LogP contribution in [0.2, 0.25) is 0 Å². The first-order valence-electron chi connectivity index (χ1n) is 8.09. The van der Waals surface area contributed by atoms with E-state index in [-0.39, 0.29) is 12.5 Å². The highest BCUT2D eigenvalue weighted by atomic mass is 32.1. The number of thiophene rings is 1. The lowest BCUT2D eigenvalue weighted by Crippen LogP contribution is -2.40. The number of fused-ring (bicyclic) bond motifs is 1. The van der Waals surface area contributed by atoms with Crippen molar-refractivity contribution in [3.05, 3.63) is 68.2 Å². The summed E-state index contributed by atoms with van der Waals surface area (Å²) in [5.74, 6) is -0.339. The average Bonchev–Trinajstić information content (AvgIpc) is 3.19. The zero-order valence-electron chi connectivity index (χ0n) is 14.2. The molecule has 7 heteroatoms. The summed E-state index contributed by atoms with van der Waals surface area (Å²) in [6, 6.07) is 8.17. The Morgan fingerprint density at radius 2 is 2.00 bits per heavy atom. The maximum Gasteiger partial charge on any atom is 0.336 e. The van der Waals surface area contributed by atoms with Gasteiger partial charge in [0.05, 0.1) is 6.54 Å². The number of carbonyl (C=O) groups is 2. The smallest absolute Gasteiger partial charge is 0.336 e. The van der Waals surface area contributed by atoms with Crippen molar-refractivity contribution < 1.29 is 14.0 Å². The second-order valence-electron chi connectivity index (χ2n) is 6.55. The third-order valence-corrected chi connectivity index (χ3v) is 5.37. The van der Waals surface area contributed by atoms with Gasteiger partial charge in [0.2, 0.25) is 0 Å². The Hall–Kier alpha value is -2.93. The average molecular weight is 368 g/mol. The molecule has 132 valence electrons. The van der Waals surface area contributed by atoms with Crippen molar-refractivity contribution >= 4 is 34.2 Å². The number of carbonyl (C=O) groups excluding carboxylic acids is 2. The number of urea groups is 1. The van der Waals surface area contributed by atoms with Gasteiger partial charge < -0.3 is 9.73 Å². The summed E-state index contributed by atoms with van der Waals surface area (Å²) in [4.78, 5) is 38.5. The molecular formula is C19H16N2O4S. The SMILES string of the molecule is Cc1ccc2c(CN3C(=O)NC(C)(c4ccsc4)C3=O)cc(=O)oc2c1. The van der Waals surface area contributed by atoms with Crippen LogP contribution in [-0.4, -0.2) is 16.8 Å². The van der Waals surface area contributed by atoms with Gasteiger partial charge in [0.25, 0.3) is 5.91 Å². The van der Waals surface area contributed by atoms with Gasteiger partial charge in [-0.1, -0.05) is 12.1 Å². The third-order valence-electron chi connectivity index (χ3n) is 4.69. The van der Waals surface area contributed by atoms with Crippen LogP contribution >= 0.6 is 11.3 Å². The molecule has 3 amide bonds. The van der Waals surface area contributed by atoms with Crippen molar-refractivity contribution in [1.82, 2.24) is 10.2 Å². The van der Waals surface area contributed by atoms with E-state index in [0.29, 0.717) is 16.5 Å². The summed E-state index contributed by atoms with van der Waals surface area (Å²) in [5.41, 5.74) is 1.12. The van der Waals surface area contributed by atoms with Gasteiger partial charge >= 0.3 is 11.7 Å². The van der Waals surface area contributed by atoms with E-state index in [2.05, 4.69) is 5.32 Å².